The van der Waals surface area contributed by atoms with Crippen LogP contribution in [0.25, 0.3) is 11.4 Å². The molecule has 2 aromatic rings. The van der Waals surface area contributed by atoms with Gasteiger partial charge < -0.3 is 5.32 Å². The van der Waals surface area contributed by atoms with Crippen LogP contribution in [0.1, 0.15) is 6.42 Å². The average Bonchev–Trinajstić information content (AvgIpc) is 2.74. The summed E-state index contributed by atoms with van der Waals surface area (Å²) in [5.74, 6) is 1.82. The number of hydrogen-bond donors (Lipinski definition) is 1. The second-order valence-corrected chi connectivity index (χ2v) is 4.70. The summed E-state index contributed by atoms with van der Waals surface area (Å²) >= 11 is 3.43. The summed E-state index contributed by atoms with van der Waals surface area (Å²) in [4.78, 5) is 0. The molecule has 0 aliphatic carbocycles. The lowest BCUT2D eigenvalue weighted by Gasteiger charge is -2.16. The summed E-state index contributed by atoms with van der Waals surface area (Å²) < 4.78 is 3.21. The van der Waals surface area contributed by atoms with Gasteiger partial charge in [-0.05, 0) is 18.6 Å². The fourth-order valence-electron chi connectivity index (χ4n) is 1.90. The van der Waals surface area contributed by atoms with Crippen LogP contribution < -0.4 is 5.32 Å². The summed E-state index contributed by atoms with van der Waals surface area (Å²) in [5, 5.41) is 11.6. The topological polar surface area (TPSA) is 42.7 Å². The summed E-state index contributed by atoms with van der Waals surface area (Å²) in [6.45, 7) is 1.97. The Hall–Kier alpha value is -1.36. The number of hydrogen-bond acceptors (Lipinski definition) is 3. The van der Waals surface area contributed by atoms with Gasteiger partial charge in [0.2, 0.25) is 5.95 Å². The van der Waals surface area contributed by atoms with E-state index < -0.39 is 0 Å². The first-order valence-corrected chi connectivity index (χ1v) is 6.07. The Morgan fingerprint density at radius 2 is 2.00 bits per heavy atom. The number of nitrogens with zero attached hydrogens (tertiary/aromatic N) is 3. The predicted octanol–water partition coefficient (Wildman–Crippen LogP) is 2.52. The van der Waals surface area contributed by atoms with Gasteiger partial charge in [-0.3, -0.25) is 4.57 Å². The summed E-state index contributed by atoms with van der Waals surface area (Å²) in [6, 6.07) is 8.15. The summed E-state index contributed by atoms with van der Waals surface area (Å²) in [7, 11) is 0. The monoisotopic (exact) mass is 278 g/mol. The summed E-state index contributed by atoms with van der Waals surface area (Å²) in [5.41, 5.74) is 1.10. The van der Waals surface area contributed by atoms with E-state index in [1.54, 1.807) is 0 Å². The Labute approximate surface area is 102 Å². The minimum Gasteiger partial charge on any atom is -0.354 e. The van der Waals surface area contributed by atoms with Crippen molar-refractivity contribution >= 4 is 21.9 Å². The Morgan fingerprint density at radius 3 is 2.81 bits per heavy atom. The number of rotatable bonds is 1. The third-order valence-electron chi connectivity index (χ3n) is 2.69. The number of benzene rings is 1. The van der Waals surface area contributed by atoms with Crippen LogP contribution in [0.3, 0.4) is 0 Å². The van der Waals surface area contributed by atoms with Crippen LogP contribution in [-0.2, 0) is 6.54 Å². The fourth-order valence-corrected chi connectivity index (χ4v) is 2.16. The number of aromatic nitrogens is 3. The maximum absolute atomic E-state index is 4.23. The predicted molar refractivity (Wildman–Crippen MR) is 66.3 cm³/mol. The van der Waals surface area contributed by atoms with E-state index in [0.29, 0.717) is 0 Å². The standard InChI is InChI=1S/C11H11BrN4/c12-9-4-2-8(3-5-9)10-14-15-11-13-6-1-7-16(10)11/h2-5H,1,6-7H2,(H,13,15). The largest absolute Gasteiger partial charge is 0.354 e. The van der Waals surface area contributed by atoms with Gasteiger partial charge in [0, 0.05) is 23.1 Å². The molecular formula is C11H11BrN4. The van der Waals surface area contributed by atoms with Crippen LogP contribution in [0.4, 0.5) is 5.95 Å². The molecule has 5 heteroatoms. The Bertz CT molecular complexity index is 503. The summed E-state index contributed by atoms with van der Waals surface area (Å²) in [6.07, 6.45) is 1.12. The van der Waals surface area contributed by atoms with E-state index in [9.17, 15) is 0 Å². The third kappa shape index (κ3) is 1.61. The maximum Gasteiger partial charge on any atom is 0.224 e. The lowest BCUT2D eigenvalue weighted by molar-refractivity contribution is 0.631. The highest BCUT2D eigenvalue weighted by atomic mass is 79.9. The molecule has 16 heavy (non-hydrogen) atoms. The van der Waals surface area contributed by atoms with Crippen LogP contribution in [0.5, 0.6) is 0 Å². The highest BCUT2D eigenvalue weighted by Gasteiger charge is 2.15. The van der Waals surface area contributed by atoms with Crippen molar-refractivity contribution in [1.82, 2.24) is 14.8 Å². The Morgan fingerprint density at radius 1 is 1.19 bits per heavy atom. The van der Waals surface area contributed by atoms with Gasteiger partial charge in [0.25, 0.3) is 0 Å². The van der Waals surface area contributed by atoms with Crippen molar-refractivity contribution in [2.24, 2.45) is 0 Å². The Balaban J connectivity index is 2.06. The normalized spacial score (nSPS) is 14.3. The number of halogens is 1. The number of anilines is 1. The van der Waals surface area contributed by atoms with E-state index in [0.717, 1.165) is 41.3 Å². The van der Waals surface area contributed by atoms with E-state index >= 15 is 0 Å². The minimum absolute atomic E-state index is 0.879. The molecule has 0 radical (unpaired) electrons. The highest BCUT2D eigenvalue weighted by molar-refractivity contribution is 9.10. The van der Waals surface area contributed by atoms with E-state index in [2.05, 4.69) is 48.1 Å². The van der Waals surface area contributed by atoms with Gasteiger partial charge >= 0.3 is 0 Å². The van der Waals surface area contributed by atoms with Crippen LogP contribution in [-0.4, -0.2) is 21.3 Å². The van der Waals surface area contributed by atoms with Crippen molar-refractivity contribution in [3.05, 3.63) is 28.7 Å². The van der Waals surface area contributed by atoms with Crippen molar-refractivity contribution in [3.63, 3.8) is 0 Å². The zero-order valence-corrected chi connectivity index (χ0v) is 10.2. The average molecular weight is 279 g/mol. The van der Waals surface area contributed by atoms with Gasteiger partial charge in [0.05, 0.1) is 0 Å². The molecule has 0 bridgehead atoms. The fraction of sp³-hybridized carbons (Fsp3) is 0.273. The molecule has 0 amide bonds. The highest BCUT2D eigenvalue weighted by Crippen LogP contribution is 2.24. The van der Waals surface area contributed by atoms with Crippen molar-refractivity contribution in [2.75, 3.05) is 11.9 Å². The van der Waals surface area contributed by atoms with E-state index in [1.807, 2.05) is 12.1 Å². The van der Waals surface area contributed by atoms with Crippen molar-refractivity contribution in [1.29, 1.82) is 0 Å². The molecule has 1 aliphatic rings. The maximum atomic E-state index is 4.23. The lowest BCUT2D eigenvalue weighted by Crippen LogP contribution is -2.17. The molecule has 0 fully saturated rings. The van der Waals surface area contributed by atoms with Gasteiger partial charge in [-0.2, -0.15) is 0 Å². The molecule has 3 rings (SSSR count). The molecule has 0 atom stereocenters. The molecule has 1 aromatic heterocycles. The molecule has 4 nitrogen and oxygen atoms in total. The Kier molecular flexibility index (Phi) is 2.40. The van der Waals surface area contributed by atoms with E-state index in [1.165, 1.54) is 0 Å². The zero-order chi connectivity index (χ0) is 11.0. The van der Waals surface area contributed by atoms with Crippen LogP contribution >= 0.6 is 15.9 Å². The molecule has 0 unspecified atom stereocenters. The van der Waals surface area contributed by atoms with Gasteiger partial charge in [-0.25, -0.2) is 0 Å². The molecule has 0 saturated carbocycles. The second kappa shape index (κ2) is 3.90. The first-order chi connectivity index (χ1) is 7.84. The molecule has 2 heterocycles. The van der Waals surface area contributed by atoms with Gasteiger partial charge in [-0.1, -0.05) is 28.1 Å². The molecule has 0 spiro atoms. The van der Waals surface area contributed by atoms with Crippen LogP contribution in [0.15, 0.2) is 28.7 Å². The SMILES string of the molecule is Brc1ccc(-c2nnc3n2CCCN3)cc1. The van der Waals surface area contributed by atoms with Crippen molar-refractivity contribution < 1.29 is 0 Å². The smallest absolute Gasteiger partial charge is 0.224 e. The second-order valence-electron chi connectivity index (χ2n) is 3.79. The van der Waals surface area contributed by atoms with Gasteiger partial charge in [0.1, 0.15) is 0 Å². The lowest BCUT2D eigenvalue weighted by atomic mass is 10.2. The molecule has 1 aliphatic heterocycles. The first-order valence-electron chi connectivity index (χ1n) is 5.27. The first kappa shape index (κ1) is 9.84. The van der Waals surface area contributed by atoms with Crippen molar-refractivity contribution in [3.8, 4) is 11.4 Å². The number of fused-ring (bicyclic) bond motifs is 1. The molecule has 1 aromatic carbocycles. The molecule has 0 saturated heterocycles. The van der Waals surface area contributed by atoms with E-state index in [-0.39, 0.29) is 0 Å². The van der Waals surface area contributed by atoms with Gasteiger partial charge in [0.15, 0.2) is 5.82 Å². The van der Waals surface area contributed by atoms with Crippen molar-refractivity contribution in [2.45, 2.75) is 13.0 Å². The third-order valence-corrected chi connectivity index (χ3v) is 3.22. The molecule has 1 N–H and O–H groups in total. The minimum atomic E-state index is 0.879. The number of nitrogens with one attached hydrogen (secondary N) is 1. The van der Waals surface area contributed by atoms with E-state index in [4.69, 9.17) is 0 Å². The molecular weight excluding hydrogens is 268 g/mol. The quantitative estimate of drug-likeness (QED) is 0.872. The van der Waals surface area contributed by atoms with Gasteiger partial charge in [-0.15, -0.1) is 10.2 Å². The van der Waals surface area contributed by atoms with Crippen LogP contribution in [0.2, 0.25) is 0 Å². The van der Waals surface area contributed by atoms with Crippen LogP contribution in [0, 0.1) is 0 Å². The zero-order valence-electron chi connectivity index (χ0n) is 8.65. The molecule has 82 valence electrons.